The maximum atomic E-state index is 12.5. The highest BCUT2D eigenvalue weighted by Crippen LogP contribution is 2.18. The van der Waals surface area contributed by atoms with Crippen molar-refractivity contribution in [3.8, 4) is 0 Å². The Morgan fingerprint density at radius 1 is 0.368 bits per heavy atom. The molecule has 6 heteroatoms. The Bertz CT molecular complexity index is 1230. The lowest BCUT2D eigenvalue weighted by Gasteiger charge is -2.20. The van der Waals surface area contributed by atoms with Crippen molar-refractivity contribution >= 4 is 11.9 Å². The third-order valence-electron chi connectivity index (χ3n) is 15.9. The molecule has 0 aromatic rings. The number of unbranched alkanes of at least 4 members (excludes halogenated alkanes) is 49. The number of rotatable bonds is 64. The van der Waals surface area contributed by atoms with Crippen molar-refractivity contribution in [2.24, 2.45) is 0 Å². The molecule has 0 aliphatic carbocycles. The maximum Gasteiger partial charge on any atom is 0.305 e. The summed E-state index contributed by atoms with van der Waals surface area (Å²) in [4.78, 5) is 24.6. The summed E-state index contributed by atoms with van der Waals surface area (Å²) >= 11 is 0. The first-order valence-corrected chi connectivity index (χ1v) is 34.3. The van der Waals surface area contributed by atoms with Crippen LogP contribution in [0, 0.1) is 0 Å². The molecule has 0 bridgehead atoms. The summed E-state index contributed by atoms with van der Waals surface area (Å²) in [7, 11) is 0. The molecule has 0 aromatic carbocycles. The lowest BCUT2D eigenvalue weighted by Crippen LogP contribution is -2.45. The molecular formula is C70H133NO5. The van der Waals surface area contributed by atoms with Crippen molar-refractivity contribution < 1.29 is 24.5 Å². The zero-order valence-electron chi connectivity index (χ0n) is 51.3. The van der Waals surface area contributed by atoms with Gasteiger partial charge in [-0.25, -0.2) is 0 Å². The molecule has 2 atom stereocenters. The van der Waals surface area contributed by atoms with Crippen LogP contribution in [0.4, 0.5) is 0 Å². The molecule has 0 radical (unpaired) electrons. The molecule has 0 fully saturated rings. The van der Waals surface area contributed by atoms with E-state index in [0.29, 0.717) is 19.4 Å². The van der Waals surface area contributed by atoms with E-state index in [9.17, 15) is 19.8 Å². The molecule has 2 unspecified atom stereocenters. The van der Waals surface area contributed by atoms with E-state index < -0.39 is 12.1 Å². The van der Waals surface area contributed by atoms with Gasteiger partial charge < -0.3 is 20.3 Å². The number of esters is 1. The van der Waals surface area contributed by atoms with Crippen LogP contribution in [0.3, 0.4) is 0 Å². The second-order valence-corrected chi connectivity index (χ2v) is 23.5. The Labute approximate surface area is 474 Å². The van der Waals surface area contributed by atoms with Crippen molar-refractivity contribution in [3.63, 3.8) is 0 Å². The van der Waals surface area contributed by atoms with E-state index in [1.165, 1.54) is 302 Å². The summed E-state index contributed by atoms with van der Waals surface area (Å²) in [5.41, 5.74) is 0. The van der Waals surface area contributed by atoms with Crippen molar-refractivity contribution in [1.29, 1.82) is 0 Å². The van der Waals surface area contributed by atoms with Crippen LogP contribution < -0.4 is 5.32 Å². The lowest BCUT2D eigenvalue weighted by atomic mass is 10.0. The number of hydrogen-bond donors (Lipinski definition) is 3. The average Bonchev–Trinajstić information content (AvgIpc) is 3.42. The molecule has 0 aromatic heterocycles. The van der Waals surface area contributed by atoms with Gasteiger partial charge in [0.1, 0.15) is 0 Å². The van der Waals surface area contributed by atoms with Crippen molar-refractivity contribution in [2.75, 3.05) is 13.2 Å². The minimum absolute atomic E-state index is 0.0150. The highest BCUT2D eigenvalue weighted by molar-refractivity contribution is 5.76. The Hall–Kier alpha value is -1.92. The summed E-state index contributed by atoms with van der Waals surface area (Å²) < 4.78 is 5.50. The molecule has 0 spiro atoms. The highest BCUT2D eigenvalue weighted by atomic mass is 16.5. The van der Waals surface area contributed by atoms with E-state index in [0.717, 1.165) is 44.9 Å². The number of allylic oxidation sites excluding steroid dienone is 5. The first-order chi connectivity index (χ1) is 37.5. The monoisotopic (exact) mass is 1070 g/mol. The number of ether oxygens (including phenoxy) is 1. The standard InChI is InChI=1S/C70H133NO5/c1-3-5-7-9-11-13-15-17-19-20-33-36-40-44-48-52-56-60-64-70(75)76-65-61-57-53-49-45-41-37-34-31-29-27-25-23-21-22-24-26-28-30-32-35-39-43-47-51-55-59-63-69(74)71-67(66-72)68(73)62-58-54-50-46-42-38-18-16-14-12-10-8-6-4-2/h21-22,25,27,58,62,67-68,72-73H,3-20,23-24,26,28-57,59-61,63-66H2,1-2H3,(H,71,74)/b22-21-,27-25-,62-58+. The smallest absolute Gasteiger partial charge is 0.305 e. The number of nitrogens with one attached hydrogen (secondary N) is 1. The topological polar surface area (TPSA) is 95.9 Å². The molecule has 0 rings (SSSR count). The van der Waals surface area contributed by atoms with Crippen LogP contribution in [0.15, 0.2) is 36.5 Å². The molecule has 3 N–H and O–H groups in total. The third kappa shape index (κ3) is 61.3. The highest BCUT2D eigenvalue weighted by Gasteiger charge is 2.18. The van der Waals surface area contributed by atoms with Crippen LogP contribution in [0.5, 0.6) is 0 Å². The molecule has 6 nitrogen and oxygen atoms in total. The fraction of sp³-hybridized carbons (Fsp3) is 0.886. The molecule has 0 aliphatic heterocycles. The summed E-state index contributed by atoms with van der Waals surface area (Å²) in [5.74, 6) is -0.0549. The predicted octanol–water partition coefficient (Wildman–Crippen LogP) is 21.9. The molecule has 0 aliphatic rings. The van der Waals surface area contributed by atoms with Crippen molar-refractivity contribution in [2.45, 2.75) is 386 Å². The zero-order chi connectivity index (χ0) is 55.0. The second-order valence-electron chi connectivity index (χ2n) is 23.5. The third-order valence-corrected chi connectivity index (χ3v) is 15.9. The summed E-state index contributed by atoms with van der Waals surface area (Å²) in [6, 6.07) is -0.630. The molecular weight excluding hydrogens is 935 g/mol. The van der Waals surface area contributed by atoms with Crippen LogP contribution in [0.25, 0.3) is 0 Å². The molecule has 0 saturated carbocycles. The van der Waals surface area contributed by atoms with E-state index in [1.807, 2.05) is 6.08 Å². The first kappa shape index (κ1) is 74.1. The Morgan fingerprint density at radius 2 is 0.658 bits per heavy atom. The Morgan fingerprint density at radius 3 is 1.00 bits per heavy atom. The normalized spacial score (nSPS) is 12.7. The summed E-state index contributed by atoms with van der Waals surface area (Å²) in [5, 5.41) is 23.1. The van der Waals surface area contributed by atoms with Crippen LogP contribution in [-0.4, -0.2) is 47.4 Å². The maximum absolute atomic E-state index is 12.5. The predicted molar refractivity (Wildman–Crippen MR) is 333 cm³/mol. The fourth-order valence-corrected chi connectivity index (χ4v) is 10.7. The quantitative estimate of drug-likeness (QED) is 0.0320. The number of carbonyl (C=O) groups excluding carboxylic acids is 2. The minimum Gasteiger partial charge on any atom is -0.466 e. The largest absolute Gasteiger partial charge is 0.466 e. The van der Waals surface area contributed by atoms with Gasteiger partial charge in [-0.1, -0.05) is 333 Å². The van der Waals surface area contributed by atoms with Crippen LogP contribution >= 0.6 is 0 Å². The summed E-state index contributed by atoms with van der Waals surface area (Å²) in [6.07, 6.45) is 83.6. The van der Waals surface area contributed by atoms with Gasteiger partial charge in [0, 0.05) is 12.8 Å². The van der Waals surface area contributed by atoms with Gasteiger partial charge in [0.25, 0.3) is 0 Å². The van der Waals surface area contributed by atoms with Crippen molar-refractivity contribution in [1.82, 2.24) is 5.32 Å². The molecule has 1 amide bonds. The number of hydrogen-bond acceptors (Lipinski definition) is 5. The number of aliphatic hydroxyl groups is 2. The minimum atomic E-state index is -0.846. The van der Waals surface area contributed by atoms with Gasteiger partial charge in [-0.3, -0.25) is 9.59 Å². The van der Waals surface area contributed by atoms with E-state index >= 15 is 0 Å². The van der Waals surface area contributed by atoms with Crippen LogP contribution in [-0.2, 0) is 14.3 Å². The first-order valence-electron chi connectivity index (χ1n) is 34.3. The average molecular weight is 1070 g/mol. The molecule has 0 saturated heterocycles. The SMILES string of the molecule is CCCCCCCCCCCCCC/C=C/C(O)C(CO)NC(=O)CCCCCCCCCCCCC/C=C\C/C=C\CCCCCCCCCCCOC(=O)CCCCCCCCCCCCCCCCCCCC. The van der Waals surface area contributed by atoms with Gasteiger partial charge in [0.15, 0.2) is 0 Å². The summed E-state index contributed by atoms with van der Waals surface area (Å²) in [6.45, 7) is 4.93. The second kappa shape index (κ2) is 65.6. The van der Waals surface area contributed by atoms with Gasteiger partial charge in [-0.2, -0.15) is 0 Å². The Balaban J connectivity index is 3.41. The van der Waals surface area contributed by atoms with Gasteiger partial charge in [0.2, 0.25) is 5.91 Å². The van der Waals surface area contributed by atoms with E-state index in [-0.39, 0.29) is 18.5 Å². The molecule has 448 valence electrons. The lowest BCUT2D eigenvalue weighted by molar-refractivity contribution is -0.143. The van der Waals surface area contributed by atoms with Gasteiger partial charge in [-0.05, 0) is 64.2 Å². The van der Waals surface area contributed by atoms with Crippen LogP contribution in [0.2, 0.25) is 0 Å². The van der Waals surface area contributed by atoms with Crippen molar-refractivity contribution in [3.05, 3.63) is 36.5 Å². The number of aliphatic hydroxyl groups excluding tert-OH is 2. The van der Waals surface area contributed by atoms with Crippen LogP contribution in [0.1, 0.15) is 373 Å². The number of carbonyl (C=O) groups is 2. The van der Waals surface area contributed by atoms with E-state index in [4.69, 9.17) is 4.74 Å². The van der Waals surface area contributed by atoms with Gasteiger partial charge in [-0.15, -0.1) is 0 Å². The van der Waals surface area contributed by atoms with E-state index in [2.05, 4.69) is 43.5 Å². The van der Waals surface area contributed by atoms with Gasteiger partial charge in [0.05, 0.1) is 25.4 Å². The van der Waals surface area contributed by atoms with E-state index in [1.54, 1.807) is 6.08 Å². The van der Waals surface area contributed by atoms with Gasteiger partial charge >= 0.3 is 5.97 Å². The Kier molecular flexibility index (Phi) is 63.9. The zero-order valence-corrected chi connectivity index (χ0v) is 51.3. The number of amides is 1. The fourth-order valence-electron chi connectivity index (χ4n) is 10.7. The molecule has 0 heterocycles. The molecule has 76 heavy (non-hydrogen) atoms.